The average molecular weight is 380 g/mol. The minimum absolute atomic E-state index is 0.00271. The predicted octanol–water partition coefficient (Wildman–Crippen LogP) is 4.32. The second-order valence-electron chi connectivity index (χ2n) is 7.77. The standard InChI is InChI=1S/C23H24O5/c1-13(2)3-4-15-10-16-9-14(5-8-20(16)28-23(15)26)21-12-19(25)18-7-6-17(24)11-22(18)27-21/h3,5-9,11,15,21,23-24,26H,4,10,12H2,1-2H3. The summed E-state index contributed by atoms with van der Waals surface area (Å²) in [7, 11) is 0. The van der Waals surface area contributed by atoms with Crippen LogP contribution in [0.25, 0.3) is 0 Å². The maximum Gasteiger partial charge on any atom is 0.200 e. The normalized spacial score (nSPS) is 23.1. The Balaban J connectivity index is 1.59. The van der Waals surface area contributed by atoms with E-state index in [-0.39, 0.29) is 23.9 Å². The first-order valence-electron chi connectivity index (χ1n) is 9.54. The quantitative estimate of drug-likeness (QED) is 0.776. The third-order valence-corrected chi connectivity index (χ3v) is 5.32. The lowest BCUT2D eigenvalue weighted by molar-refractivity contribution is -0.0718. The molecule has 0 amide bonds. The Morgan fingerprint density at radius 1 is 1.11 bits per heavy atom. The number of hydrogen-bond donors (Lipinski definition) is 2. The minimum Gasteiger partial charge on any atom is -0.508 e. The van der Waals surface area contributed by atoms with Crippen molar-refractivity contribution in [2.75, 3.05) is 0 Å². The number of Topliss-reactive ketones (excluding diaryl/α,β-unsaturated/α-hetero) is 1. The number of allylic oxidation sites excluding steroid dienone is 2. The van der Waals surface area contributed by atoms with Gasteiger partial charge < -0.3 is 19.7 Å². The Kier molecular flexibility index (Phi) is 4.85. The predicted molar refractivity (Wildman–Crippen MR) is 105 cm³/mol. The van der Waals surface area contributed by atoms with Gasteiger partial charge in [-0.05, 0) is 62.1 Å². The molecule has 0 spiro atoms. The van der Waals surface area contributed by atoms with E-state index in [4.69, 9.17) is 9.47 Å². The van der Waals surface area contributed by atoms with Gasteiger partial charge in [0.05, 0.1) is 12.0 Å². The van der Waals surface area contributed by atoms with E-state index in [9.17, 15) is 15.0 Å². The van der Waals surface area contributed by atoms with E-state index in [1.807, 2.05) is 32.0 Å². The average Bonchev–Trinajstić information content (AvgIpc) is 2.65. The number of ketones is 1. The SMILES string of the molecule is CC(C)=CCC1Cc2cc(C3CC(=O)c4ccc(O)cc4O3)ccc2OC1O. The van der Waals surface area contributed by atoms with E-state index < -0.39 is 12.4 Å². The Morgan fingerprint density at radius 3 is 2.71 bits per heavy atom. The van der Waals surface area contributed by atoms with Gasteiger partial charge in [0.1, 0.15) is 23.4 Å². The second-order valence-corrected chi connectivity index (χ2v) is 7.77. The van der Waals surface area contributed by atoms with Crippen LogP contribution >= 0.6 is 0 Å². The maximum atomic E-state index is 12.5. The van der Waals surface area contributed by atoms with Crippen molar-refractivity contribution in [3.63, 3.8) is 0 Å². The number of hydrogen-bond acceptors (Lipinski definition) is 5. The fourth-order valence-corrected chi connectivity index (χ4v) is 3.77. The van der Waals surface area contributed by atoms with Crippen LogP contribution in [0, 0.1) is 5.92 Å². The molecule has 0 saturated heterocycles. The van der Waals surface area contributed by atoms with Gasteiger partial charge in [0.2, 0.25) is 6.29 Å². The van der Waals surface area contributed by atoms with Crippen LogP contribution < -0.4 is 9.47 Å². The van der Waals surface area contributed by atoms with E-state index in [2.05, 4.69) is 6.08 Å². The van der Waals surface area contributed by atoms with Crippen molar-refractivity contribution in [3.05, 3.63) is 64.7 Å². The van der Waals surface area contributed by atoms with Gasteiger partial charge in [0.15, 0.2) is 5.78 Å². The van der Waals surface area contributed by atoms with Crippen LogP contribution in [0.2, 0.25) is 0 Å². The number of carbonyl (C=O) groups is 1. The second kappa shape index (κ2) is 7.32. The Hall–Kier alpha value is -2.79. The number of benzene rings is 2. The summed E-state index contributed by atoms with van der Waals surface area (Å²) in [6.45, 7) is 4.07. The highest BCUT2D eigenvalue weighted by Gasteiger charge is 2.31. The molecule has 146 valence electrons. The molecule has 0 aromatic heterocycles. The highest BCUT2D eigenvalue weighted by molar-refractivity contribution is 6.00. The van der Waals surface area contributed by atoms with E-state index in [1.54, 1.807) is 6.07 Å². The lowest BCUT2D eigenvalue weighted by Gasteiger charge is -2.31. The van der Waals surface area contributed by atoms with Gasteiger partial charge in [-0.1, -0.05) is 17.7 Å². The molecule has 2 aliphatic rings. The Bertz CT molecular complexity index is 942. The molecule has 2 aromatic rings. The monoisotopic (exact) mass is 380 g/mol. The van der Waals surface area contributed by atoms with Crippen LogP contribution in [0.15, 0.2) is 48.0 Å². The van der Waals surface area contributed by atoms with Crippen molar-refractivity contribution < 1.29 is 24.5 Å². The van der Waals surface area contributed by atoms with Gasteiger partial charge >= 0.3 is 0 Å². The maximum absolute atomic E-state index is 12.5. The molecule has 2 aliphatic heterocycles. The third-order valence-electron chi connectivity index (χ3n) is 5.32. The molecule has 4 rings (SSSR count). The van der Waals surface area contributed by atoms with Crippen molar-refractivity contribution in [2.24, 2.45) is 5.92 Å². The number of aromatic hydroxyl groups is 1. The zero-order chi connectivity index (χ0) is 19.8. The molecular formula is C23H24O5. The fraction of sp³-hybridized carbons (Fsp3) is 0.348. The number of ether oxygens (including phenoxy) is 2. The summed E-state index contributed by atoms with van der Waals surface area (Å²) in [4.78, 5) is 12.5. The molecule has 28 heavy (non-hydrogen) atoms. The highest BCUT2D eigenvalue weighted by Crippen LogP contribution is 2.39. The molecule has 5 heteroatoms. The van der Waals surface area contributed by atoms with E-state index in [1.165, 1.54) is 17.7 Å². The summed E-state index contributed by atoms with van der Waals surface area (Å²) >= 11 is 0. The van der Waals surface area contributed by atoms with Gasteiger partial charge in [0.25, 0.3) is 0 Å². The van der Waals surface area contributed by atoms with Gasteiger partial charge in [0, 0.05) is 12.0 Å². The number of phenolic OH excluding ortho intramolecular Hbond substituents is 1. The van der Waals surface area contributed by atoms with Crippen LogP contribution in [0.1, 0.15) is 54.3 Å². The van der Waals surface area contributed by atoms with Crippen LogP contribution in [0.3, 0.4) is 0 Å². The summed E-state index contributed by atoms with van der Waals surface area (Å²) in [5, 5.41) is 20.0. The first kappa shape index (κ1) is 18.6. The molecular weight excluding hydrogens is 356 g/mol. The molecule has 5 nitrogen and oxygen atoms in total. The summed E-state index contributed by atoms with van der Waals surface area (Å²) in [5.41, 5.74) is 3.61. The first-order chi connectivity index (χ1) is 13.4. The molecule has 0 radical (unpaired) electrons. The number of aliphatic hydroxyl groups is 1. The van der Waals surface area contributed by atoms with Crippen molar-refractivity contribution in [2.45, 2.75) is 45.5 Å². The zero-order valence-electron chi connectivity index (χ0n) is 16.0. The van der Waals surface area contributed by atoms with Crippen LogP contribution in [0.5, 0.6) is 17.2 Å². The van der Waals surface area contributed by atoms with Crippen LogP contribution in [0.4, 0.5) is 0 Å². The summed E-state index contributed by atoms with van der Waals surface area (Å²) in [6.07, 6.45) is 2.58. The molecule has 3 unspecified atom stereocenters. The molecule has 0 bridgehead atoms. The molecule has 2 aromatic carbocycles. The van der Waals surface area contributed by atoms with Gasteiger partial charge in [-0.15, -0.1) is 0 Å². The molecule has 2 N–H and O–H groups in total. The van der Waals surface area contributed by atoms with Gasteiger partial charge in [-0.25, -0.2) is 0 Å². The number of fused-ring (bicyclic) bond motifs is 2. The summed E-state index contributed by atoms with van der Waals surface area (Å²) in [6, 6.07) is 10.3. The molecule has 0 saturated carbocycles. The topological polar surface area (TPSA) is 76.0 Å². The van der Waals surface area contributed by atoms with Gasteiger partial charge in [-0.2, -0.15) is 0 Å². The largest absolute Gasteiger partial charge is 0.508 e. The fourth-order valence-electron chi connectivity index (χ4n) is 3.77. The highest BCUT2D eigenvalue weighted by atomic mass is 16.6. The lowest BCUT2D eigenvalue weighted by atomic mass is 9.89. The van der Waals surface area contributed by atoms with E-state index >= 15 is 0 Å². The smallest absolute Gasteiger partial charge is 0.200 e. The number of phenols is 1. The van der Waals surface area contributed by atoms with Crippen LogP contribution in [-0.4, -0.2) is 22.3 Å². The number of carbonyl (C=O) groups excluding carboxylic acids is 1. The van der Waals surface area contributed by atoms with E-state index in [0.29, 0.717) is 23.5 Å². The number of rotatable bonds is 3. The first-order valence-corrected chi connectivity index (χ1v) is 9.54. The molecule has 0 fully saturated rings. The Labute approximate surface area is 164 Å². The number of aliphatic hydroxyl groups excluding tert-OH is 1. The van der Waals surface area contributed by atoms with Crippen molar-refractivity contribution in [1.29, 1.82) is 0 Å². The van der Waals surface area contributed by atoms with Crippen molar-refractivity contribution >= 4 is 5.78 Å². The molecule has 3 atom stereocenters. The van der Waals surface area contributed by atoms with Gasteiger partial charge in [-0.3, -0.25) is 4.79 Å². The molecule has 0 aliphatic carbocycles. The minimum atomic E-state index is -0.823. The zero-order valence-corrected chi connectivity index (χ0v) is 16.0. The van der Waals surface area contributed by atoms with E-state index in [0.717, 1.165) is 17.5 Å². The molecule has 2 heterocycles. The van der Waals surface area contributed by atoms with Crippen molar-refractivity contribution in [3.8, 4) is 17.2 Å². The lowest BCUT2D eigenvalue weighted by Crippen LogP contribution is -2.32. The van der Waals surface area contributed by atoms with Crippen molar-refractivity contribution in [1.82, 2.24) is 0 Å². The summed E-state index contributed by atoms with van der Waals surface area (Å²) < 4.78 is 11.7. The Morgan fingerprint density at radius 2 is 1.93 bits per heavy atom. The van der Waals surface area contributed by atoms with Crippen LogP contribution in [-0.2, 0) is 6.42 Å². The third kappa shape index (κ3) is 3.62. The summed E-state index contributed by atoms with van der Waals surface area (Å²) in [5.74, 6) is 1.14.